The summed E-state index contributed by atoms with van der Waals surface area (Å²) in [5.41, 5.74) is 2.00. The Morgan fingerprint density at radius 1 is 1.10 bits per heavy atom. The van der Waals surface area contributed by atoms with Crippen molar-refractivity contribution in [1.82, 2.24) is 9.47 Å². The van der Waals surface area contributed by atoms with Crippen LogP contribution in [0.5, 0.6) is 0 Å². The lowest BCUT2D eigenvalue weighted by atomic mass is 10.1. The van der Waals surface area contributed by atoms with E-state index in [4.69, 9.17) is 0 Å². The van der Waals surface area contributed by atoms with Crippen LogP contribution in [0.25, 0.3) is 10.9 Å². The number of amides is 1. The van der Waals surface area contributed by atoms with Gasteiger partial charge in [-0.05, 0) is 42.5 Å². The molecule has 5 heteroatoms. The third kappa shape index (κ3) is 4.91. The Hall–Kier alpha value is -2.53. The van der Waals surface area contributed by atoms with Gasteiger partial charge in [0.1, 0.15) is 5.56 Å². The van der Waals surface area contributed by atoms with E-state index >= 15 is 0 Å². The highest BCUT2D eigenvalue weighted by molar-refractivity contribution is 7.99. The molecule has 3 aromatic rings. The van der Waals surface area contributed by atoms with Crippen molar-refractivity contribution in [2.45, 2.75) is 32.9 Å². The van der Waals surface area contributed by atoms with Crippen molar-refractivity contribution >= 4 is 28.6 Å². The van der Waals surface area contributed by atoms with Gasteiger partial charge in [0.2, 0.25) is 5.43 Å². The van der Waals surface area contributed by atoms with Crippen molar-refractivity contribution < 1.29 is 4.79 Å². The molecule has 0 spiro atoms. The maximum atomic E-state index is 13.2. The van der Waals surface area contributed by atoms with Crippen LogP contribution >= 0.6 is 11.8 Å². The first-order valence-electron chi connectivity index (χ1n) is 10.0. The van der Waals surface area contributed by atoms with Gasteiger partial charge in [0.15, 0.2) is 0 Å². The third-order valence-electron chi connectivity index (χ3n) is 5.28. The fourth-order valence-corrected chi connectivity index (χ4v) is 4.19. The Balaban J connectivity index is 1.98. The van der Waals surface area contributed by atoms with Crippen molar-refractivity contribution in [1.29, 1.82) is 0 Å². The summed E-state index contributed by atoms with van der Waals surface area (Å²) in [6.45, 7) is 4.78. The van der Waals surface area contributed by atoms with E-state index in [0.717, 1.165) is 29.0 Å². The number of rotatable bonds is 8. The summed E-state index contributed by atoms with van der Waals surface area (Å²) in [5.74, 6) is 1.86. The van der Waals surface area contributed by atoms with Crippen LogP contribution in [0.2, 0.25) is 0 Å². The lowest BCUT2D eigenvalue weighted by molar-refractivity contribution is 0.0739. The van der Waals surface area contributed by atoms with Crippen LogP contribution in [0.4, 0.5) is 0 Å². The Kier molecular flexibility index (Phi) is 7.15. The van der Waals surface area contributed by atoms with E-state index in [-0.39, 0.29) is 22.9 Å². The van der Waals surface area contributed by atoms with Crippen LogP contribution in [-0.4, -0.2) is 40.0 Å². The van der Waals surface area contributed by atoms with Crippen LogP contribution in [0.15, 0.2) is 65.6 Å². The molecule has 0 saturated carbocycles. The first kappa shape index (κ1) is 21.2. The molecular formula is C24H28N2O2S. The Bertz CT molecular complexity index is 1030. The van der Waals surface area contributed by atoms with Gasteiger partial charge in [-0.3, -0.25) is 9.59 Å². The van der Waals surface area contributed by atoms with Gasteiger partial charge in [0.25, 0.3) is 5.91 Å². The van der Waals surface area contributed by atoms with Crippen molar-refractivity contribution in [2.75, 3.05) is 18.6 Å². The van der Waals surface area contributed by atoms with E-state index in [1.165, 1.54) is 0 Å². The molecule has 3 rings (SSSR count). The zero-order valence-electron chi connectivity index (χ0n) is 17.3. The van der Waals surface area contributed by atoms with E-state index in [9.17, 15) is 9.59 Å². The highest BCUT2D eigenvalue weighted by Gasteiger charge is 2.22. The van der Waals surface area contributed by atoms with Crippen molar-refractivity contribution in [3.63, 3.8) is 0 Å². The maximum Gasteiger partial charge on any atom is 0.259 e. The number of pyridine rings is 1. The summed E-state index contributed by atoms with van der Waals surface area (Å²) < 4.78 is 2.00. The van der Waals surface area contributed by atoms with E-state index in [0.29, 0.717) is 11.9 Å². The third-order valence-corrected chi connectivity index (χ3v) is 6.21. The van der Waals surface area contributed by atoms with Crippen LogP contribution in [0.3, 0.4) is 0 Å². The molecule has 0 saturated heterocycles. The molecule has 0 aliphatic carbocycles. The zero-order valence-corrected chi connectivity index (χ0v) is 18.1. The van der Waals surface area contributed by atoms with Gasteiger partial charge in [-0.25, -0.2) is 0 Å². The Morgan fingerprint density at radius 2 is 1.79 bits per heavy atom. The van der Waals surface area contributed by atoms with Gasteiger partial charge in [0.05, 0.1) is 5.52 Å². The summed E-state index contributed by atoms with van der Waals surface area (Å²) in [4.78, 5) is 28.0. The predicted molar refractivity (Wildman–Crippen MR) is 123 cm³/mol. The number of benzene rings is 2. The second kappa shape index (κ2) is 9.79. The highest BCUT2D eigenvalue weighted by atomic mass is 32.2. The Morgan fingerprint density at radius 3 is 2.52 bits per heavy atom. The number of para-hydroxylation sites is 1. The molecule has 4 nitrogen and oxygen atoms in total. The number of hydrogen-bond donors (Lipinski definition) is 0. The standard InChI is InChI=1S/C24H28N2O2S/c1-4-29-15-14-18(2)25(3)24(28)21-17-26(16-19-10-6-5-7-11-19)22-13-9-8-12-20(22)23(21)27/h5-13,17-18H,4,14-16H2,1-3H3. The quantitative estimate of drug-likeness (QED) is 0.510. The minimum atomic E-state index is -0.212. The molecule has 1 unspecified atom stereocenters. The molecule has 1 aromatic heterocycles. The van der Waals surface area contributed by atoms with Crippen molar-refractivity contribution in [3.8, 4) is 0 Å². The number of carbonyl (C=O) groups excluding carboxylic acids is 1. The first-order valence-corrected chi connectivity index (χ1v) is 11.2. The first-order chi connectivity index (χ1) is 14.0. The lowest BCUT2D eigenvalue weighted by Crippen LogP contribution is -2.38. The maximum absolute atomic E-state index is 13.2. The van der Waals surface area contributed by atoms with Gasteiger partial charge in [-0.1, -0.05) is 49.4 Å². The second-order valence-corrected chi connectivity index (χ2v) is 8.65. The van der Waals surface area contributed by atoms with Gasteiger partial charge in [-0.15, -0.1) is 0 Å². The minimum Gasteiger partial charge on any atom is -0.342 e. The van der Waals surface area contributed by atoms with Gasteiger partial charge < -0.3 is 9.47 Å². The summed E-state index contributed by atoms with van der Waals surface area (Å²) in [6, 6.07) is 17.7. The molecule has 1 atom stereocenters. The topological polar surface area (TPSA) is 42.3 Å². The van der Waals surface area contributed by atoms with Crippen molar-refractivity contribution in [3.05, 3.63) is 82.1 Å². The SMILES string of the molecule is CCSCCC(C)N(C)C(=O)c1cn(Cc2ccccc2)c2ccccc2c1=O. The number of thioether (sulfide) groups is 1. The number of nitrogens with zero attached hydrogens (tertiary/aromatic N) is 2. The molecule has 0 aliphatic rings. The minimum absolute atomic E-state index is 0.0787. The zero-order chi connectivity index (χ0) is 20.8. The molecule has 2 aromatic carbocycles. The van der Waals surface area contributed by atoms with Gasteiger partial charge in [-0.2, -0.15) is 11.8 Å². The van der Waals surface area contributed by atoms with Crippen LogP contribution in [0.1, 0.15) is 36.2 Å². The molecule has 0 N–H and O–H groups in total. The highest BCUT2D eigenvalue weighted by Crippen LogP contribution is 2.16. The average Bonchev–Trinajstić information content (AvgIpc) is 2.75. The number of aromatic nitrogens is 1. The summed E-state index contributed by atoms with van der Waals surface area (Å²) in [7, 11) is 1.79. The summed E-state index contributed by atoms with van der Waals surface area (Å²) in [6.07, 6.45) is 2.64. The molecule has 0 aliphatic heterocycles. The second-order valence-electron chi connectivity index (χ2n) is 7.25. The number of hydrogen-bond acceptors (Lipinski definition) is 3. The van der Waals surface area contributed by atoms with Crippen LogP contribution < -0.4 is 5.43 Å². The summed E-state index contributed by atoms with van der Waals surface area (Å²) >= 11 is 1.87. The molecule has 0 radical (unpaired) electrons. The monoisotopic (exact) mass is 408 g/mol. The van der Waals surface area contributed by atoms with E-state index in [1.54, 1.807) is 24.2 Å². The predicted octanol–water partition coefficient (Wildman–Crippen LogP) is 4.65. The van der Waals surface area contributed by atoms with E-state index in [2.05, 4.69) is 6.92 Å². The van der Waals surface area contributed by atoms with Crippen LogP contribution in [-0.2, 0) is 6.54 Å². The van der Waals surface area contributed by atoms with Gasteiger partial charge >= 0.3 is 0 Å². The Labute approximate surface area is 176 Å². The molecule has 0 bridgehead atoms. The fraction of sp³-hybridized carbons (Fsp3) is 0.333. The largest absolute Gasteiger partial charge is 0.342 e. The number of fused-ring (bicyclic) bond motifs is 1. The van der Waals surface area contributed by atoms with Crippen LogP contribution in [0, 0.1) is 0 Å². The van der Waals surface area contributed by atoms with Gasteiger partial charge in [0, 0.05) is 31.2 Å². The van der Waals surface area contributed by atoms with Crippen molar-refractivity contribution in [2.24, 2.45) is 0 Å². The number of carbonyl (C=O) groups is 1. The van der Waals surface area contributed by atoms with E-state index in [1.807, 2.05) is 71.8 Å². The molecular weight excluding hydrogens is 380 g/mol. The summed E-state index contributed by atoms with van der Waals surface area (Å²) in [5, 5.41) is 0.580. The average molecular weight is 409 g/mol. The molecule has 1 heterocycles. The molecule has 152 valence electrons. The molecule has 0 fully saturated rings. The van der Waals surface area contributed by atoms with E-state index < -0.39 is 0 Å². The smallest absolute Gasteiger partial charge is 0.259 e. The fourth-order valence-electron chi connectivity index (χ4n) is 3.39. The normalized spacial score (nSPS) is 12.1. The molecule has 29 heavy (non-hydrogen) atoms. The molecule has 1 amide bonds. The lowest BCUT2D eigenvalue weighted by Gasteiger charge is -2.25.